The molecule has 1 N–H and O–H groups in total. The molecule has 86 valence electrons. The van der Waals surface area contributed by atoms with Gasteiger partial charge in [0.15, 0.2) is 0 Å². The van der Waals surface area contributed by atoms with Gasteiger partial charge in [-0.15, -0.1) is 4.89 Å². The normalized spacial score (nSPS) is 29.1. The van der Waals surface area contributed by atoms with Gasteiger partial charge in [-0.2, -0.15) is 4.89 Å². The van der Waals surface area contributed by atoms with Crippen molar-refractivity contribution >= 4 is 5.97 Å². The zero-order valence-corrected chi connectivity index (χ0v) is 8.75. The predicted molar refractivity (Wildman–Crippen MR) is 52.9 cm³/mol. The van der Waals surface area contributed by atoms with Crippen LogP contribution in [-0.2, 0) is 25.9 Å². The molecule has 0 unspecified atom stereocenters. The van der Waals surface area contributed by atoms with Gasteiger partial charge in [0, 0.05) is 0 Å². The summed E-state index contributed by atoms with van der Waals surface area (Å²) in [4.78, 5) is 24.7. The maximum absolute atomic E-state index is 11.4. The molecule has 1 aromatic carbocycles. The molecule has 0 spiro atoms. The average Bonchev–Trinajstić information content (AvgIpc) is 2.60. The van der Waals surface area contributed by atoms with E-state index in [9.17, 15) is 4.79 Å². The largest absolute Gasteiger partial charge is 0.351 e. The first kappa shape index (κ1) is 11.1. The van der Waals surface area contributed by atoms with Crippen LogP contribution in [0.2, 0.25) is 0 Å². The lowest BCUT2D eigenvalue weighted by atomic mass is 9.93. The molecule has 1 aliphatic rings. The van der Waals surface area contributed by atoms with Crippen molar-refractivity contribution in [3.05, 3.63) is 35.9 Å². The fourth-order valence-electron chi connectivity index (χ4n) is 1.65. The smallest absolute Gasteiger partial charge is 0.295 e. The summed E-state index contributed by atoms with van der Waals surface area (Å²) in [6.45, 7) is 1.45. The number of benzene rings is 1. The highest BCUT2D eigenvalue weighted by Gasteiger charge is 2.51. The molecule has 1 heterocycles. The van der Waals surface area contributed by atoms with E-state index in [1.165, 1.54) is 6.92 Å². The van der Waals surface area contributed by atoms with E-state index in [0.717, 1.165) is 5.56 Å². The highest BCUT2D eigenvalue weighted by Crippen LogP contribution is 2.33. The van der Waals surface area contributed by atoms with Gasteiger partial charge < -0.3 is 0 Å². The van der Waals surface area contributed by atoms with Gasteiger partial charge in [0.05, 0.1) is 0 Å². The molecule has 0 saturated carbocycles. The lowest BCUT2D eigenvalue weighted by molar-refractivity contribution is -0.459. The zero-order valence-electron chi connectivity index (χ0n) is 8.75. The van der Waals surface area contributed by atoms with Crippen LogP contribution in [0.25, 0.3) is 0 Å². The van der Waals surface area contributed by atoms with Crippen molar-refractivity contribution in [1.82, 2.24) is 0 Å². The summed E-state index contributed by atoms with van der Waals surface area (Å²) in [5.41, 5.74) is 0.943. The Labute approximate surface area is 92.4 Å². The third-order valence-electron chi connectivity index (χ3n) is 2.67. The number of hydrogen-bond acceptors (Lipinski definition) is 5. The van der Waals surface area contributed by atoms with E-state index >= 15 is 0 Å². The van der Waals surface area contributed by atoms with E-state index in [1.807, 2.05) is 30.3 Å². The summed E-state index contributed by atoms with van der Waals surface area (Å²) < 4.78 is 0. The summed E-state index contributed by atoms with van der Waals surface area (Å²) in [5.74, 6) is -2.66. The number of rotatable bonds is 3. The van der Waals surface area contributed by atoms with E-state index in [1.54, 1.807) is 0 Å². The molecule has 2 rings (SSSR count). The van der Waals surface area contributed by atoms with Crippen molar-refractivity contribution in [2.45, 2.75) is 19.1 Å². The molecule has 0 aromatic heterocycles. The van der Waals surface area contributed by atoms with Gasteiger partial charge in [-0.3, -0.25) is 4.89 Å². The van der Waals surface area contributed by atoms with Crippen LogP contribution in [-0.4, -0.2) is 17.0 Å². The second-order valence-corrected chi connectivity index (χ2v) is 3.84. The van der Waals surface area contributed by atoms with Crippen LogP contribution in [0.3, 0.4) is 0 Å². The minimum atomic E-state index is -1.44. The number of hydrogen-bond donors (Lipinski definition) is 1. The SMILES string of the molecule is C[C@]1(OO)OOC(=O)[C@H]1Cc1ccccc1. The minimum absolute atomic E-state index is 0.386. The maximum atomic E-state index is 11.4. The Morgan fingerprint density at radius 1 is 1.44 bits per heavy atom. The summed E-state index contributed by atoms with van der Waals surface area (Å²) in [6.07, 6.45) is 0.386. The van der Waals surface area contributed by atoms with Gasteiger partial charge >= 0.3 is 5.97 Å². The zero-order chi connectivity index (χ0) is 11.6. The molecule has 0 aliphatic carbocycles. The number of carbonyl (C=O) groups is 1. The van der Waals surface area contributed by atoms with Gasteiger partial charge in [-0.05, 0) is 18.9 Å². The van der Waals surface area contributed by atoms with E-state index in [4.69, 9.17) is 5.26 Å². The molecule has 16 heavy (non-hydrogen) atoms. The molecule has 0 radical (unpaired) electrons. The standard InChI is InChI=1S/C11H12O5/c1-11(15-13)9(10(12)14-16-11)7-8-5-3-2-4-6-8/h2-6,9,13H,7H2,1H3/t9-,11+/m1/s1. The van der Waals surface area contributed by atoms with Gasteiger partial charge in [-0.1, -0.05) is 30.3 Å². The summed E-state index contributed by atoms with van der Waals surface area (Å²) in [6, 6.07) is 9.38. The molecule has 2 atom stereocenters. The topological polar surface area (TPSA) is 65.0 Å². The van der Waals surface area contributed by atoms with Crippen molar-refractivity contribution in [2.24, 2.45) is 5.92 Å². The number of carbonyl (C=O) groups excluding carboxylic acids is 1. The third kappa shape index (κ3) is 1.92. The van der Waals surface area contributed by atoms with Crippen LogP contribution < -0.4 is 0 Å². The monoisotopic (exact) mass is 224 g/mol. The summed E-state index contributed by atoms with van der Waals surface area (Å²) >= 11 is 0. The predicted octanol–water partition coefficient (Wildman–Crippen LogP) is 1.54. The van der Waals surface area contributed by atoms with Crippen molar-refractivity contribution in [3.63, 3.8) is 0 Å². The first-order chi connectivity index (χ1) is 7.65. The second-order valence-electron chi connectivity index (χ2n) is 3.84. The van der Waals surface area contributed by atoms with Gasteiger partial charge in [0.25, 0.3) is 5.79 Å². The molecule has 1 aliphatic heterocycles. The summed E-state index contributed by atoms with van der Waals surface area (Å²) in [5, 5.41) is 8.73. The van der Waals surface area contributed by atoms with Crippen molar-refractivity contribution in [2.75, 3.05) is 0 Å². The molecular formula is C11H12O5. The van der Waals surface area contributed by atoms with Crippen molar-refractivity contribution in [1.29, 1.82) is 0 Å². The molecule has 0 amide bonds. The van der Waals surface area contributed by atoms with Crippen LogP contribution in [0.4, 0.5) is 0 Å². The highest BCUT2D eigenvalue weighted by atomic mass is 17.3. The van der Waals surface area contributed by atoms with Crippen LogP contribution in [0.5, 0.6) is 0 Å². The summed E-state index contributed by atoms with van der Waals surface area (Å²) in [7, 11) is 0. The average molecular weight is 224 g/mol. The molecular weight excluding hydrogens is 212 g/mol. The lowest BCUT2D eigenvalue weighted by Crippen LogP contribution is -2.37. The minimum Gasteiger partial charge on any atom is -0.295 e. The third-order valence-corrected chi connectivity index (χ3v) is 2.67. The Bertz CT molecular complexity index is 377. The molecule has 5 heteroatoms. The van der Waals surface area contributed by atoms with E-state index in [-0.39, 0.29) is 0 Å². The van der Waals surface area contributed by atoms with E-state index in [0.29, 0.717) is 6.42 Å². The van der Waals surface area contributed by atoms with Gasteiger partial charge in [-0.25, -0.2) is 10.1 Å². The molecule has 1 fully saturated rings. The molecule has 5 nitrogen and oxygen atoms in total. The highest BCUT2D eigenvalue weighted by molar-refractivity contribution is 5.74. The van der Waals surface area contributed by atoms with Crippen molar-refractivity contribution < 1.29 is 24.7 Å². The van der Waals surface area contributed by atoms with Crippen molar-refractivity contribution in [3.8, 4) is 0 Å². The Balaban J connectivity index is 2.17. The fourth-order valence-corrected chi connectivity index (χ4v) is 1.65. The molecule has 1 saturated heterocycles. The van der Waals surface area contributed by atoms with E-state index in [2.05, 4.69) is 14.7 Å². The Morgan fingerprint density at radius 3 is 2.75 bits per heavy atom. The molecule has 1 aromatic rings. The molecule has 0 bridgehead atoms. The first-order valence-corrected chi connectivity index (χ1v) is 4.92. The first-order valence-electron chi connectivity index (χ1n) is 4.92. The Hall–Kier alpha value is -1.43. The van der Waals surface area contributed by atoms with Crippen LogP contribution in [0, 0.1) is 5.92 Å². The Kier molecular flexibility index (Phi) is 2.91. The quantitative estimate of drug-likeness (QED) is 0.623. The van der Waals surface area contributed by atoms with E-state index < -0.39 is 17.7 Å². The lowest BCUT2D eigenvalue weighted by Gasteiger charge is -2.20. The van der Waals surface area contributed by atoms with Crippen LogP contribution >= 0.6 is 0 Å². The van der Waals surface area contributed by atoms with Gasteiger partial charge in [0.2, 0.25) is 0 Å². The van der Waals surface area contributed by atoms with Crippen LogP contribution in [0.1, 0.15) is 12.5 Å². The Morgan fingerprint density at radius 2 is 2.12 bits per heavy atom. The maximum Gasteiger partial charge on any atom is 0.351 e. The van der Waals surface area contributed by atoms with Crippen LogP contribution in [0.15, 0.2) is 30.3 Å². The fraction of sp³-hybridized carbons (Fsp3) is 0.364. The van der Waals surface area contributed by atoms with Gasteiger partial charge in [0.1, 0.15) is 5.92 Å². The second kappa shape index (κ2) is 4.21.